The van der Waals surface area contributed by atoms with Crippen molar-refractivity contribution in [3.8, 4) is 0 Å². The lowest BCUT2D eigenvalue weighted by molar-refractivity contribution is 0.606. The van der Waals surface area contributed by atoms with E-state index < -0.39 is 15.8 Å². The lowest BCUT2D eigenvalue weighted by Crippen LogP contribution is -2.26. The molecule has 0 radical (unpaired) electrons. The van der Waals surface area contributed by atoms with Crippen molar-refractivity contribution >= 4 is 33.3 Å². The minimum atomic E-state index is -3.54. The standard InChI is InChI=1S/C9H13FN6O2S/c1-19(17,18)16-6-3-2-5(10)4-7(6)14-9(13)15-8(11)12/h2-4,16H,1H3,(H6,11,12,13,14,15). The number of halogens is 1. The van der Waals surface area contributed by atoms with Crippen LogP contribution in [0.15, 0.2) is 28.2 Å². The largest absolute Gasteiger partial charge is 0.370 e. The predicted octanol–water partition coefficient (Wildman–Crippen LogP) is -0.583. The van der Waals surface area contributed by atoms with Gasteiger partial charge in [0.1, 0.15) is 5.82 Å². The van der Waals surface area contributed by atoms with Gasteiger partial charge in [-0.25, -0.2) is 17.8 Å². The summed E-state index contributed by atoms with van der Waals surface area (Å²) in [5.41, 5.74) is 15.6. The molecule has 1 rings (SSSR count). The maximum atomic E-state index is 13.1. The number of hydrogen-bond donors (Lipinski definition) is 4. The quantitative estimate of drug-likeness (QED) is 0.433. The van der Waals surface area contributed by atoms with E-state index in [0.717, 1.165) is 18.4 Å². The fourth-order valence-electron chi connectivity index (χ4n) is 1.16. The minimum Gasteiger partial charge on any atom is -0.370 e. The maximum Gasteiger partial charge on any atom is 0.229 e. The number of benzene rings is 1. The van der Waals surface area contributed by atoms with Crippen molar-refractivity contribution < 1.29 is 12.8 Å². The van der Waals surface area contributed by atoms with Crippen molar-refractivity contribution in [3.05, 3.63) is 24.0 Å². The number of nitrogens with zero attached hydrogens (tertiary/aromatic N) is 2. The van der Waals surface area contributed by atoms with Gasteiger partial charge < -0.3 is 17.2 Å². The molecule has 1 aromatic carbocycles. The molecule has 0 atom stereocenters. The summed E-state index contributed by atoms with van der Waals surface area (Å²) >= 11 is 0. The van der Waals surface area contributed by atoms with Crippen LogP contribution in [0.25, 0.3) is 0 Å². The van der Waals surface area contributed by atoms with E-state index in [9.17, 15) is 12.8 Å². The molecular formula is C9H13FN6O2S. The molecule has 0 spiro atoms. The summed E-state index contributed by atoms with van der Waals surface area (Å²) in [5.74, 6) is -1.27. The summed E-state index contributed by atoms with van der Waals surface area (Å²) in [7, 11) is -3.54. The molecule has 0 amide bonds. The van der Waals surface area contributed by atoms with Gasteiger partial charge in [0.25, 0.3) is 0 Å². The molecule has 19 heavy (non-hydrogen) atoms. The van der Waals surface area contributed by atoms with Crippen LogP contribution in [-0.4, -0.2) is 26.6 Å². The zero-order valence-corrected chi connectivity index (χ0v) is 10.8. The van der Waals surface area contributed by atoms with Crippen LogP contribution in [0.5, 0.6) is 0 Å². The summed E-state index contributed by atoms with van der Waals surface area (Å²) in [4.78, 5) is 7.16. The van der Waals surface area contributed by atoms with E-state index in [1.165, 1.54) is 6.07 Å². The second-order valence-corrected chi connectivity index (χ2v) is 5.29. The predicted molar refractivity (Wildman–Crippen MR) is 72.0 cm³/mol. The van der Waals surface area contributed by atoms with Crippen LogP contribution in [0.2, 0.25) is 0 Å². The molecule has 1 aromatic rings. The molecule has 0 bridgehead atoms. The fraction of sp³-hybridized carbons (Fsp3) is 0.111. The summed E-state index contributed by atoms with van der Waals surface area (Å²) in [6.45, 7) is 0. The molecule has 0 saturated heterocycles. The van der Waals surface area contributed by atoms with Crippen LogP contribution in [-0.2, 0) is 10.0 Å². The van der Waals surface area contributed by atoms with Crippen LogP contribution in [0, 0.1) is 5.82 Å². The lowest BCUT2D eigenvalue weighted by atomic mass is 10.3. The first-order valence-corrected chi connectivity index (χ1v) is 6.77. The number of hydrogen-bond acceptors (Lipinski definition) is 3. The average molecular weight is 288 g/mol. The number of guanidine groups is 2. The monoisotopic (exact) mass is 288 g/mol. The van der Waals surface area contributed by atoms with Crippen molar-refractivity contribution in [2.75, 3.05) is 11.0 Å². The Morgan fingerprint density at radius 2 is 1.95 bits per heavy atom. The van der Waals surface area contributed by atoms with E-state index in [4.69, 9.17) is 17.2 Å². The molecule has 0 saturated carbocycles. The topological polar surface area (TPSA) is 149 Å². The second kappa shape index (κ2) is 5.52. The van der Waals surface area contributed by atoms with Crippen molar-refractivity contribution in [2.24, 2.45) is 27.2 Å². The highest BCUT2D eigenvalue weighted by Gasteiger charge is 2.08. The number of aliphatic imine (C=N–C) groups is 2. The SMILES string of the molecule is CS(=O)(=O)Nc1ccc(F)cc1N=C(N)N=C(N)N. The number of sulfonamides is 1. The Balaban J connectivity index is 3.25. The highest BCUT2D eigenvalue weighted by atomic mass is 32.2. The third-order valence-electron chi connectivity index (χ3n) is 1.73. The van der Waals surface area contributed by atoms with E-state index >= 15 is 0 Å². The Labute approximate surface area is 109 Å². The first-order valence-electron chi connectivity index (χ1n) is 4.88. The van der Waals surface area contributed by atoms with E-state index in [1.807, 2.05) is 0 Å². The van der Waals surface area contributed by atoms with Gasteiger partial charge in [0.05, 0.1) is 17.6 Å². The van der Waals surface area contributed by atoms with Gasteiger partial charge in [0, 0.05) is 6.07 Å². The number of anilines is 1. The Kier molecular flexibility index (Phi) is 4.27. The molecule has 104 valence electrons. The molecule has 0 aliphatic rings. The summed E-state index contributed by atoms with van der Waals surface area (Å²) in [6, 6.07) is 3.27. The summed E-state index contributed by atoms with van der Waals surface area (Å²) < 4.78 is 37.6. The molecule has 0 fully saturated rings. The second-order valence-electron chi connectivity index (χ2n) is 3.54. The van der Waals surface area contributed by atoms with Crippen LogP contribution >= 0.6 is 0 Å². The van der Waals surface area contributed by atoms with Crippen molar-refractivity contribution in [1.82, 2.24) is 0 Å². The Hall–Kier alpha value is -2.36. The molecule has 0 unspecified atom stereocenters. The molecule has 0 heterocycles. The van der Waals surface area contributed by atoms with Crippen LogP contribution < -0.4 is 21.9 Å². The molecule has 10 heteroatoms. The molecule has 0 aliphatic carbocycles. The van der Waals surface area contributed by atoms with E-state index in [-0.39, 0.29) is 23.3 Å². The van der Waals surface area contributed by atoms with Gasteiger partial charge >= 0.3 is 0 Å². The molecular weight excluding hydrogens is 275 g/mol. The van der Waals surface area contributed by atoms with Gasteiger partial charge in [-0.2, -0.15) is 4.99 Å². The van der Waals surface area contributed by atoms with Crippen molar-refractivity contribution in [1.29, 1.82) is 0 Å². The van der Waals surface area contributed by atoms with Gasteiger partial charge in [-0.3, -0.25) is 4.72 Å². The first kappa shape index (κ1) is 14.7. The van der Waals surface area contributed by atoms with E-state index in [0.29, 0.717) is 0 Å². The molecule has 8 nitrogen and oxygen atoms in total. The normalized spacial score (nSPS) is 12.0. The summed E-state index contributed by atoms with van der Waals surface area (Å²) in [6.07, 6.45) is 0.948. The number of rotatable bonds is 3. The van der Waals surface area contributed by atoms with Gasteiger partial charge in [0.2, 0.25) is 16.0 Å². The van der Waals surface area contributed by atoms with Crippen LogP contribution in [0.4, 0.5) is 15.8 Å². The Morgan fingerprint density at radius 1 is 1.32 bits per heavy atom. The Bertz CT molecular complexity index is 636. The van der Waals surface area contributed by atoms with Crippen LogP contribution in [0.1, 0.15) is 0 Å². The minimum absolute atomic E-state index is 0.0482. The summed E-state index contributed by atoms with van der Waals surface area (Å²) in [5, 5.41) is 0. The molecule has 0 aromatic heterocycles. The third kappa shape index (κ3) is 5.21. The fourth-order valence-corrected chi connectivity index (χ4v) is 1.74. The molecule has 7 N–H and O–H groups in total. The van der Waals surface area contributed by atoms with E-state index in [1.54, 1.807) is 0 Å². The molecule has 0 aliphatic heterocycles. The number of nitrogens with one attached hydrogen (secondary N) is 1. The average Bonchev–Trinajstić information content (AvgIpc) is 2.19. The third-order valence-corrected chi connectivity index (χ3v) is 2.32. The zero-order valence-electron chi connectivity index (χ0n) is 9.96. The van der Waals surface area contributed by atoms with Crippen molar-refractivity contribution in [3.63, 3.8) is 0 Å². The highest BCUT2D eigenvalue weighted by Crippen LogP contribution is 2.26. The van der Waals surface area contributed by atoms with Crippen LogP contribution in [0.3, 0.4) is 0 Å². The zero-order chi connectivity index (χ0) is 14.6. The first-order chi connectivity index (χ1) is 8.67. The van der Waals surface area contributed by atoms with E-state index in [2.05, 4.69) is 14.7 Å². The maximum absolute atomic E-state index is 13.1. The smallest absolute Gasteiger partial charge is 0.229 e. The van der Waals surface area contributed by atoms with Gasteiger partial charge in [-0.1, -0.05) is 0 Å². The van der Waals surface area contributed by atoms with Gasteiger partial charge in [-0.05, 0) is 12.1 Å². The van der Waals surface area contributed by atoms with Gasteiger partial charge in [-0.15, -0.1) is 0 Å². The highest BCUT2D eigenvalue weighted by molar-refractivity contribution is 7.92. The number of nitrogens with two attached hydrogens (primary N) is 3. The lowest BCUT2D eigenvalue weighted by Gasteiger charge is -2.07. The van der Waals surface area contributed by atoms with Gasteiger partial charge in [0.15, 0.2) is 5.96 Å². The Morgan fingerprint density at radius 3 is 2.47 bits per heavy atom. The van der Waals surface area contributed by atoms with Crippen molar-refractivity contribution in [2.45, 2.75) is 0 Å².